The van der Waals surface area contributed by atoms with Crippen molar-refractivity contribution in [3.05, 3.63) is 210 Å². The molecule has 9 aromatic carbocycles. The molecule has 4 aliphatic rings. The molecule has 9 aromatic rings. The maximum Gasteiger partial charge on any atom is 0.0540 e. The highest BCUT2D eigenvalue weighted by Crippen LogP contribution is 2.67. The van der Waals surface area contributed by atoms with Crippen LogP contribution in [0, 0.1) is 11.8 Å². The third kappa shape index (κ3) is 4.89. The second kappa shape index (κ2) is 12.9. The van der Waals surface area contributed by atoms with E-state index in [9.17, 15) is 0 Å². The third-order valence-corrected chi connectivity index (χ3v) is 15.5. The minimum atomic E-state index is -0.185. The molecular formula is C60H47N. The molecule has 2 bridgehead atoms. The fourth-order valence-electron chi connectivity index (χ4n) is 13.0. The van der Waals surface area contributed by atoms with Crippen LogP contribution in [-0.2, 0) is 10.8 Å². The van der Waals surface area contributed by atoms with E-state index in [2.05, 4.69) is 207 Å². The van der Waals surface area contributed by atoms with E-state index in [1.165, 1.54) is 114 Å². The van der Waals surface area contributed by atoms with Gasteiger partial charge in [0.25, 0.3) is 0 Å². The molecule has 0 N–H and O–H groups in total. The predicted octanol–water partition coefficient (Wildman–Crippen LogP) is 16.2. The van der Waals surface area contributed by atoms with Crippen molar-refractivity contribution < 1.29 is 0 Å². The van der Waals surface area contributed by atoms with Crippen LogP contribution < -0.4 is 4.90 Å². The Balaban J connectivity index is 1.02. The monoisotopic (exact) mass is 781 g/mol. The van der Waals surface area contributed by atoms with Gasteiger partial charge in [0.1, 0.15) is 0 Å². The van der Waals surface area contributed by atoms with Crippen molar-refractivity contribution >= 4 is 38.6 Å². The zero-order valence-corrected chi connectivity index (χ0v) is 34.8. The minimum absolute atomic E-state index is 0.147. The van der Waals surface area contributed by atoms with Crippen LogP contribution in [0.3, 0.4) is 0 Å². The van der Waals surface area contributed by atoms with E-state index < -0.39 is 0 Å². The second-order valence-corrected chi connectivity index (χ2v) is 18.8. The van der Waals surface area contributed by atoms with Gasteiger partial charge < -0.3 is 4.90 Å². The number of nitrogens with zero attached hydrogens (tertiary/aromatic N) is 1. The summed E-state index contributed by atoms with van der Waals surface area (Å²) in [5, 5.41) is 5.06. The van der Waals surface area contributed by atoms with E-state index in [1.807, 2.05) is 0 Å². The smallest absolute Gasteiger partial charge is 0.0540 e. The summed E-state index contributed by atoms with van der Waals surface area (Å²) < 4.78 is 0. The number of hydrogen-bond donors (Lipinski definition) is 0. The lowest BCUT2D eigenvalue weighted by molar-refractivity contribution is 0.327. The van der Waals surface area contributed by atoms with Crippen molar-refractivity contribution in [2.45, 2.75) is 50.4 Å². The first-order valence-corrected chi connectivity index (χ1v) is 22.4. The molecule has 1 nitrogen and oxygen atoms in total. The molecule has 0 radical (unpaired) electrons. The van der Waals surface area contributed by atoms with Gasteiger partial charge in [-0.1, -0.05) is 178 Å². The summed E-state index contributed by atoms with van der Waals surface area (Å²) in [6.07, 6.45) is 5.41. The highest BCUT2D eigenvalue weighted by Gasteiger charge is 2.57. The van der Waals surface area contributed by atoms with Crippen LogP contribution in [0.5, 0.6) is 0 Å². The fourth-order valence-corrected chi connectivity index (χ4v) is 13.0. The van der Waals surface area contributed by atoms with E-state index in [0.29, 0.717) is 0 Å². The van der Waals surface area contributed by atoms with Gasteiger partial charge in [-0.25, -0.2) is 0 Å². The molecule has 4 aliphatic carbocycles. The van der Waals surface area contributed by atoms with Crippen molar-refractivity contribution in [1.82, 2.24) is 0 Å². The molecule has 61 heavy (non-hydrogen) atoms. The van der Waals surface area contributed by atoms with Gasteiger partial charge in [-0.2, -0.15) is 0 Å². The quantitative estimate of drug-likeness (QED) is 0.168. The van der Waals surface area contributed by atoms with Crippen LogP contribution in [0.1, 0.15) is 61.8 Å². The van der Waals surface area contributed by atoms with Crippen molar-refractivity contribution in [2.75, 3.05) is 4.90 Å². The molecule has 0 aromatic heterocycles. The molecule has 0 aliphatic heterocycles. The fraction of sp³-hybridized carbons (Fsp3) is 0.167. The molecule has 1 heteroatoms. The maximum absolute atomic E-state index is 2.55. The lowest BCUT2D eigenvalue weighted by Gasteiger charge is -2.36. The van der Waals surface area contributed by atoms with Crippen LogP contribution in [0.25, 0.3) is 66.1 Å². The summed E-state index contributed by atoms with van der Waals surface area (Å²) in [5.41, 5.74) is 20.1. The lowest BCUT2D eigenvalue weighted by Crippen LogP contribution is -2.31. The standard InChI is InChI=1S/C60H47N/c1-59(2)52-22-7-5-15-47(52)50-21-12-26-56(58(50)59)61(44-33-30-40(31-34-44)42-29-28-39-13-3-4-14-41(39)36-42)55-25-11-18-45-46(17-9-19-48(45)55)49-20-10-24-54-57(49)51-16-6-8-23-53(51)60(54)37-38-27-32-43(60)35-38/h3-26,28-31,33-34,36,38,43H,27,32,35,37H2,1-2H3. The summed E-state index contributed by atoms with van der Waals surface area (Å²) in [6, 6.07) is 71.3. The molecule has 3 atom stereocenters. The molecule has 13 rings (SSSR count). The summed E-state index contributed by atoms with van der Waals surface area (Å²) in [6.45, 7) is 4.81. The topological polar surface area (TPSA) is 3.24 Å². The first kappa shape index (κ1) is 35.1. The second-order valence-electron chi connectivity index (χ2n) is 18.8. The van der Waals surface area contributed by atoms with Crippen molar-refractivity contribution in [1.29, 1.82) is 0 Å². The van der Waals surface area contributed by atoms with E-state index >= 15 is 0 Å². The Labute approximate surface area is 359 Å². The van der Waals surface area contributed by atoms with Gasteiger partial charge in [-0.15, -0.1) is 0 Å². The van der Waals surface area contributed by atoms with Gasteiger partial charge in [0.15, 0.2) is 0 Å². The highest BCUT2D eigenvalue weighted by atomic mass is 15.1. The average Bonchev–Trinajstić information content (AvgIpc) is 4.06. The Kier molecular flexibility index (Phi) is 7.42. The molecule has 0 heterocycles. The van der Waals surface area contributed by atoms with E-state index in [-0.39, 0.29) is 10.8 Å². The molecule has 0 amide bonds. The van der Waals surface area contributed by atoms with Crippen molar-refractivity contribution in [3.63, 3.8) is 0 Å². The zero-order chi connectivity index (χ0) is 40.5. The first-order chi connectivity index (χ1) is 30.0. The van der Waals surface area contributed by atoms with E-state index in [4.69, 9.17) is 0 Å². The summed E-state index contributed by atoms with van der Waals surface area (Å²) >= 11 is 0. The number of benzene rings is 9. The average molecular weight is 782 g/mol. The van der Waals surface area contributed by atoms with Crippen molar-refractivity contribution in [2.24, 2.45) is 11.8 Å². The highest BCUT2D eigenvalue weighted by molar-refractivity contribution is 6.09. The molecule has 2 saturated carbocycles. The summed E-state index contributed by atoms with van der Waals surface area (Å²) in [5.74, 6) is 1.58. The van der Waals surface area contributed by atoms with Crippen LogP contribution in [0.4, 0.5) is 17.1 Å². The molecule has 1 spiro atoms. The Hall–Kier alpha value is -6.70. The largest absolute Gasteiger partial charge is 0.310 e. The number of hydrogen-bond acceptors (Lipinski definition) is 1. The summed E-state index contributed by atoms with van der Waals surface area (Å²) in [7, 11) is 0. The number of rotatable bonds is 5. The Morgan fingerprint density at radius 3 is 1.93 bits per heavy atom. The van der Waals surface area contributed by atoms with Gasteiger partial charge in [-0.05, 0) is 144 Å². The number of anilines is 3. The van der Waals surface area contributed by atoms with E-state index in [1.54, 1.807) is 11.1 Å². The first-order valence-electron chi connectivity index (χ1n) is 22.4. The third-order valence-electron chi connectivity index (χ3n) is 15.5. The van der Waals surface area contributed by atoms with Crippen LogP contribution in [-0.4, -0.2) is 0 Å². The molecule has 292 valence electrons. The van der Waals surface area contributed by atoms with Gasteiger partial charge in [0.2, 0.25) is 0 Å². The lowest BCUT2D eigenvalue weighted by atomic mass is 9.66. The maximum atomic E-state index is 2.55. The minimum Gasteiger partial charge on any atom is -0.310 e. The predicted molar refractivity (Wildman–Crippen MR) is 256 cm³/mol. The van der Waals surface area contributed by atoms with Crippen LogP contribution in [0.15, 0.2) is 188 Å². The zero-order valence-electron chi connectivity index (χ0n) is 34.8. The SMILES string of the molecule is CC1(C)c2ccccc2-c2cccc(N(c3ccc(-c4ccc5ccccc5c4)cc3)c3cccc4c(-c5cccc6c5-c5ccccc5C65CC6CCC5C6)cccc34)c21. The van der Waals surface area contributed by atoms with Crippen LogP contribution >= 0.6 is 0 Å². The van der Waals surface area contributed by atoms with Gasteiger partial charge in [0, 0.05) is 21.9 Å². The number of fused-ring (bicyclic) bond motifs is 13. The molecule has 2 fully saturated rings. The van der Waals surface area contributed by atoms with Crippen LogP contribution in [0.2, 0.25) is 0 Å². The van der Waals surface area contributed by atoms with Gasteiger partial charge >= 0.3 is 0 Å². The van der Waals surface area contributed by atoms with Gasteiger partial charge in [0.05, 0.1) is 11.4 Å². The Morgan fingerprint density at radius 2 is 1.10 bits per heavy atom. The van der Waals surface area contributed by atoms with Crippen molar-refractivity contribution in [3.8, 4) is 44.5 Å². The Bertz CT molecular complexity index is 3260. The Morgan fingerprint density at radius 1 is 0.459 bits per heavy atom. The summed E-state index contributed by atoms with van der Waals surface area (Å²) in [4.78, 5) is 2.55. The normalized spacial score (nSPS) is 19.9. The van der Waals surface area contributed by atoms with E-state index in [0.717, 1.165) is 17.5 Å². The molecular weight excluding hydrogens is 735 g/mol. The molecule has 0 saturated heterocycles. The van der Waals surface area contributed by atoms with Gasteiger partial charge in [-0.3, -0.25) is 0 Å². The molecule has 3 unspecified atom stereocenters.